The summed E-state index contributed by atoms with van der Waals surface area (Å²) in [6.07, 6.45) is 0.322. The van der Waals surface area contributed by atoms with Crippen molar-refractivity contribution in [1.82, 2.24) is 5.32 Å². The number of aliphatic carboxylic acids is 1. The lowest BCUT2D eigenvalue weighted by molar-refractivity contribution is -0.138. The van der Waals surface area contributed by atoms with Crippen molar-refractivity contribution in [3.8, 4) is 0 Å². The quantitative estimate of drug-likeness (QED) is 0.834. The van der Waals surface area contributed by atoms with Gasteiger partial charge in [0.1, 0.15) is 0 Å². The number of carbonyl (C=O) groups excluding carboxylic acids is 1. The van der Waals surface area contributed by atoms with Gasteiger partial charge in [0.2, 0.25) is 5.91 Å². The summed E-state index contributed by atoms with van der Waals surface area (Å²) in [4.78, 5) is 22.1. The van der Waals surface area contributed by atoms with Crippen LogP contribution in [-0.4, -0.2) is 17.0 Å². The molecule has 0 spiro atoms. The summed E-state index contributed by atoms with van der Waals surface area (Å²) in [5, 5.41) is 11.7. The van der Waals surface area contributed by atoms with Crippen LogP contribution in [0.15, 0.2) is 24.3 Å². The van der Waals surface area contributed by atoms with Crippen molar-refractivity contribution < 1.29 is 14.7 Å². The average molecular weight is 233 g/mol. The Kier molecular flexibility index (Phi) is 3.13. The van der Waals surface area contributed by atoms with Gasteiger partial charge in [-0.1, -0.05) is 29.8 Å². The Hall–Kier alpha value is -1.84. The summed E-state index contributed by atoms with van der Waals surface area (Å²) in [6, 6.07) is 7.66. The fourth-order valence-corrected chi connectivity index (χ4v) is 2.25. The van der Waals surface area contributed by atoms with Crippen LogP contribution in [0, 0.1) is 12.8 Å². The zero-order chi connectivity index (χ0) is 12.4. The monoisotopic (exact) mass is 233 g/mol. The van der Waals surface area contributed by atoms with Crippen LogP contribution in [0.1, 0.15) is 30.0 Å². The first kappa shape index (κ1) is 11.6. The molecule has 0 unspecified atom stereocenters. The maximum Gasteiger partial charge on any atom is 0.303 e. The standard InChI is InChI=1S/C13H15NO3/c1-8-2-4-9(5-3-8)13-10(7-12(16)17)6-11(15)14-13/h2-5,10,13H,6-7H2,1H3,(H,14,15)(H,16,17)/t10-,13-/m1/s1. The van der Waals surface area contributed by atoms with E-state index in [4.69, 9.17) is 5.11 Å². The number of carboxylic acid groups (broad SMARTS) is 1. The van der Waals surface area contributed by atoms with Gasteiger partial charge in [0.05, 0.1) is 12.5 Å². The maximum absolute atomic E-state index is 11.4. The van der Waals surface area contributed by atoms with Crippen molar-refractivity contribution in [2.45, 2.75) is 25.8 Å². The van der Waals surface area contributed by atoms with Crippen molar-refractivity contribution in [1.29, 1.82) is 0 Å². The second-order valence-electron chi connectivity index (χ2n) is 4.52. The van der Waals surface area contributed by atoms with E-state index in [9.17, 15) is 9.59 Å². The van der Waals surface area contributed by atoms with Crippen molar-refractivity contribution in [3.05, 3.63) is 35.4 Å². The van der Waals surface area contributed by atoms with Gasteiger partial charge >= 0.3 is 5.97 Å². The zero-order valence-corrected chi connectivity index (χ0v) is 9.64. The van der Waals surface area contributed by atoms with Crippen LogP contribution in [0.4, 0.5) is 0 Å². The molecule has 0 aromatic heterocycles. The van der Waals surface area contributed by atoms with Crippen LogP contribution in [0.3, 0.4) is 0 Å². The number of rotatable bonds is 3. The number of nitrogens with one attached hydrogen (secondary N) is 1. The van der Waals surface area contributed by atoms with E-state index < -0.39 is 5.97 Å². The van der Waals surface area contributed by atoms with Gasteiger partial charge in [-0.05, 0) is 12.5 Å². The first-order chi connectivity index (χ1) is 8.06. The predicted octanol–water partition coefficient (Wildman–Crippen LogP) is 1.65. The largest absolute Gasteiger partial charge is 0.481 e. The van der Waals surface area contributed by atoms with E-state index in [2.05, 4.69) is 5.32 Å². The molecule has 1 aliphatic heterocycles. The number of aryl methyl sites for hydroxylation is 1. The van der Waals surface area contributed by atoms with Crippen LogP contribution in [0.2, 0.25) is 0 Å². The molecule has 2 atom stereocenters. The van der Waals surface area contributed by atoms with Gasteiger partial charge in [-0.2, -0.15) is 0 Å². The zero-order valence-electron chi connectivity index (χ0n) is 9.64. The highest BCUT2D eigenvalue weighted by molar-refractivity contribution is 5.80. The van der Waals surface area contributed by atoms with Crippen LogP contribution in [0.5, 0.6) is 0 Å². The SMILES string of the molecule is Cc1ccc([C@H]2NC(=O)C[C@@H]2CC(=O)O)cc1. The number of carbonyl (C=O) groups is 2. The van der Waals surface area contributed by atoms with Crippen molar-refractivity contribution in [3.63, 3.8) is 0 Å². The maximum atomic E-state index is 11.4. The molecule has 4 nitrogen and oxygen atoms in total. The van der Waals surface area contributed by atoms with E-state index in [1.165, 1.54) is 0 Å². The summed E-state index contributed by atoms with van der Waals surface area (Å²) in [5.41, 5.74) is 2.13. The third kappa shape index (κ3) is 2.64. The minimum Gasteiger partial charge on any atom is -0.481 e. The highest BCUT2D eigenvalue weighted by Crippen LogP contribution is 2.32. The summed E-state index contributed by atoms with van der Waals surface area (Å²) >= 11 is 0. The van der Waals surface area contributed by atoms with Crippen LogP contribution < -0.4 is 5.32 Å². The predicted molar refractivity (Wildman–Crippen MR) is 62.4 cm³/mol. The van der Waals surface area contributed by atoms with E-state index in [1.54, 1.807) is 0 Å². The summed E-state index contributed by atoms with van der Waals surface area (Å²) in [6.45, 7) is 1.99. The molecule has 1 aliphatic rings. The first-order valence-corrected chi connectivity index (χ1v) is 5.64. The van der Waals surface area contributed by atoms with E-state index in [1.807, 2.05) is 31.2 Å². The Balaban J connectivity index is 2.20. The van der Waals surface area contributed by atoms with Crippen molar-refractivity contribution >= 4 is 11.9 Å². The van der Waals surface area contributed by atoms with Gasteiger partial charge in [-0.15, -0.1) is 0 Å². The van der Waals surface area contributed by atoms with E-state index >= 15 is 0 Å². The fourth-order valence-electron chi connectivity index (χ4n) is 2.25. The Bertz CT molecular complexity index is 438. The molecule has 1 amide bonds. The molecule has 17 heavy (non-hydrogen) atoms. The molecule has 1 saturated heterocycles. The van der Waals surface area contributed by atoms with E-state index in [0.29, 0.717) is 6.42 Å². The lowest BCUT2D eigenvalue weighted by Gasteiger charge is -2.17. The molecule has 0 radical (unpaired) electrons. The van der Waals surface area contributed by atoms with E-state index in [0.717, 1.165) is 11.1 Å². The molecule has 4 heteroatoms. The minimum atomic E-state index is -0.858. The molecule has 2 N–H and O–H groups in total. The first-order valence-electron chi connectivity index (χ1n) is 5.64. The van der Waals surface area contributed by atoms with Crippen molar-refractivity contribution in [2.24, 2.45) is 5.92 Å². The molecule has 90 valence electrons. The van der Waals surface area contributed by atoms with Gasteiger partial charge in [-0.3, -0.25) is 9.59 Å². The number of hydrogen-bond acceptors (Lipinski definition) is 2. The topological polar surface area (TPSA) is 66.4 Å². The van der Waals surface area contributed by atoms with E-state index in [-0.39, 0.29) is 24.3 Å². The number of carboxylic acids is 1. The Morgan fingerprint density at radius 2 is 2.06 bits per heavy atom. The van der Waals surface area contributed by atoms with Gasteiger partial charge < -0.3 is 10.4 Å². The molecular formula is C13H15NO3. The normalized spacial score (nSPS) is 23.5. The van der Waals surface area contributed by atoms with Crippen LogP contribution in [0.25, 0.3) is 0 Å². The smallest absolute Gasteiger partial charge is 0.303 e. The lowest BCUT2D eigenvalue weighted by atomic mass is 9.91. The average Bonchev–Trinajstić information content (AvgIpc) is 2.59. The van der Waals surface area contributed by atoms with Crippen molar-refractivity contribution in [2.75, 3.05) is 0 Å². The highest BCUT2D eigenvalue weighted by atomic mass is 16.4. The highest BCUT2D eigenvalue weighted by Gasteiger charge is 2.34. The fraction of sp³-hybridized carbons (Fsp3) is 0.385. The Labute approximate surface area is 99.6 Å². The van der Waals surface area contributed by atoms with Gasteiger partial charge in [-0.25, -0.2) is 0 Å². The lowest BCUT2D eigenvalue weighted by Crippen LogP contribution is -2.21. The molecule has 2 rings (SSSR count). The molecule has 1 fully saturated rings. The summed E-state index contributed by atoms with van der Waals surface area (Å²) < 4.78 is 0. The summed E-state index contributed by atoms with van der Waals surface area (Å²) in [5.74, 6) is -1.08. The molecule has 1 aromatic carbocycles. The minimum absolute atomic E-state index is 0.0251. The number of amides is 1. The molecule has 1 heterocycles. The number of hydrogen-bond donors (Lipinski definition) is 2. The molecule has 1 aromatic rings. The Morgan fingerprint density at radius 1 is 1.41 bits per heavy atom. The molecule has 0 saturated carbocycles. The molecular weight excluding hydrogens is 218 g/mol. The van der Waals surface area contributed by atoms with Crippen LogP contribution >= 0.6 is 0 Å². The van der Waals surface area contributed by atoms with Gasteiger partial charge in [0.25, 0.3) is 0 Å². The summed E-state index contributed by atoms with van der Waals surface area (Å²) in [7, 11) is 0. The van der Waals surface area contributed by atoms with Gasteiger partial charge in [0.15, 0.2) is 0 Å². The van der Waals surface area contributed by atoms with Crippen LogP contribution in [-0.2, 0) is 9.59 Å². The molecule has 0 bridgehead atoms. The molecule has 0 aliphatic carbocycles. The third-order valence-electron chi connectivity index (χ3n) is 3.11. The second kappa shape index (κ2) is 4.57. The Morgan fingerprint density at radius 3 is 2.65 bits per heavy atom. The third-order valence-corrected chi connectivity index (χ3v) is 3.11. The van der Waals surface area contributed by atoms with Gasteiger partial charge in [0, 0.05) is 12.3 Å². The number of benzene rings is 1. The second-order valence-corrected chi connectivity index (χ2v) is 4.52.